The number of hydrogen-bond donors (Lipinski definition) is 0. The van der Waals surface area contributed by atoms with E-state index >= 15 is 0 Å². The molecule has 0 bridgehead atoms. The van der Waals surface area contributed by atoms with Gasteiger partial charge in [-0.3, -0.25) is 4.90 Å². The standard InChI is InChI=1S/C11H15F3N2O2/c1-10(2)7-16(5-8-3-4-17-15-8)6-9(18-10)11(12,13)14/h3-4,9H,5-7H2,1-2H3. The molecule has 4 nitrogen and oxygen atoms in total. The lowest BCUT2D eigenvalue weighted by atomic mass is 10.0. The minimum atomic E-state index is -4.35. The largest absolute Gasteiger partial charge is 0.415 e. The van der Waals surface area contributed by atoms with Gasteiger partial charge >= 0.3 is 6.18 Å². The molecule has 2 heterocycles. The lowest BCUT2D eigenvalue weighted by molar-refractivity contribution is -0.273. The predicted molar refractivity (Wildman–Crippen MR) is 56.8 cm³/mol. The van der Waals surface area contributed by atoms with E-state index in [1.165, 1.54) is 6.26 Å². The van der Waals surface area contributed by atoms with E-state index in [0.29, 0.717) is 18.8 Å². The van der Waals surface area contributed by atoms with Crippen molar-refractivity contribution in [3.05, 3.63) is 18.0 Å². The topological polar surface area (TPSA) is 38.5 Å². The second-order valence-electron chi connectivity index (χ2n) is 5.07. The van der Waals surface area contributed by atoms with Crippen molar-refractivity contribution in [1.82, 2.24) is 10.1 Å². The van der Waals surface area contributed by atoms with Crippen molar-refractivity contribution in [2.45, 2.75) is 38.3 Å². The van der Waals surface area contributed by atoms with Crippen molar-refractivity contribution in [2.24, 2.45) is 0 Å². The molecule has 0 N–H and O–H groups in total. The van der Waals surface area contributed by atoms with Crippen molar-refractivity contribution < 1.29 is 22.4 Å². The molecule has 0 amide bonds. The predicted octanol–water partition coefficient (Wildman–Crippen LogP) is 2.22. The molecule has 0 aromatic carbocycles. The Bertz CT molecular complexity index is 389. The third-order valence-electron chi connectivity index (χ3n) is 2.73. The number of nitrogens with zero attached hydrogens (tertiary/aromatic N) is 2. The molecular weight excluding hydrogens is 249 g/mol. The summed E-state index contributed by atoms with van der Waals surface area (Å²) in [4.78, 5) is 1.68. The number of rotatable bonds is 2. The van der Waals surface area contributed by atoms with Crippen LogP contribution in [0, 0.1) is 0 Å². The summed E-state index contributed by atoms with van der Waals surface area (Å²) in [7, 11) is 0. The van der Waals surface area contributed by atoms with Crippen LogP contribution in [0.2, 0.25) is 0 Å². The highest BCUT2D eigenvalue weighted by atomic mass is 19.4. The summed E-state index contributed by atoms with van der Waals surface area (Å²) in [5.74, 6) is 0. The Kier molecular flexibility index (Phi) is 3.37. The fourth-order valence-electron chi connectivity index (χ4n) is 2.14. The first-order valence-electron chi connectivity index (χ1n) is 5.62. The fraction of sp³-hybridized carbons (Fsp3) is 0.727. The van der Waals surface area contributed by atoms with Crippen molar-refractivity contribution in [3.63, 3.8) is 0 Å². The van der Waals surface area contributed by atoms with Gasteiger partial charge in [0, 0.05) is 25.7 Å². The van der Waals surface area contributed by atoms with E-state index in [4.69, 9.17) is 4.74 Å². The maximum Gasteiger partial charge on any atom is 0.415 e. The van der Waals surface area contributed by atoms with Gasteiger partial charge in [-0.15, -0.1) is 0 Å². The zero-order valence-corrected chi connectivity index (χ0v) is 10.2. The van der Waals surface area contributed by atoms with Crippen LogP contribution in [0.15, 0.2) is 16.9 Å². The molecule has 0 saturated carbocycles. The Labute approximate surface area is 103 Å². The first kappa shape index (κ1) is 13.4. The molecule has 0 spiro atoms. The van der Waals surface area contributed by atoms with E-state index in [1.54, 1.807) is 24.8 Å². The third-order valence-corrected chi connectivity index (χ3v) is 2.73. The Morgan fingerprint density at radius 3 is 2.78 bits per heavy atom. The van der Waals surface area contributed by atoms with Gasteiger partial charge < -0.3 is 9.26 Å². The van der Waals surface area contributed by atoms with Crippen LogP contribution in [0.3, 0.4) is 0 Å². The van der Waals surface area contributed by atoms with Crippen LogP contribution in [-0.2, 0) is 11.3 Å². The van der Waals surface area contributed by atoms with Gasteiger partial charge in [0.1, 0.15) is 6.26 Å². The van der Waals surface area contributed by atoms with Gasteiger partial charge in [0.25, 0.3) is 0 Å². The normalized spacial score (nSPS) is 25.3. The zero-order valence-electron chi connectivity index (χ0n) is 10.2. The van der Waals surface area contributed by atoms with Gasteiger partial charge in [0.05, 0.1) is 11.3 Å². The second-order valence-corrected chi connectivity index (χ2v) is 5.07. The first-order valence-corrected chi connectivity index (χ1v) is 5.62. The average Bonchev–Trinajstić information content (AvgIpc) is 2.66. The maximum atomic E-state index is 12.8. The molecule has 1 aliphatic rings. The second kappa shape index (κ2) is 4.55. The number of hydrogen-bond acceptors (Lipinski definition) is 4. The lowest BCUT2D eigenvalue weighted by Gasteiger charge is -2.42. The van der Waals surface area contributed by atoms with Gasteiger partial charge in [-0.2, -0.15) is 13.2 Å². The van der Waals surface area contributed by atoms with Crippen LogP contribution in [0.25, 0.3) is 0 Å². The molecule has 7 heteroatoms. The quantitative estimate of drug-likeness (QED) is 0.821. The highest BCUT2D eigenvalue weighted by Crippen LogP contribution is 2.32. The highest BCUT2D eigenvalue weighted by molar-refractivity contribution is 4.97. The van der Waals surface area contributed by atoms with Gasteiger partial charge in [-0.1, -0.05) is 5.16 Å². The van der Waals surface area contributed by atoms with E-state index in [9.17, 15) is 13.2 Å². The molecule has 0 aliphatic carbocycles. The first-order chi connectivity index (χ1) is 8.26. The minimum Gasteiger partial charge on any atom is -0.364 e. The molecule has 102 valence electrons. The summed E-state index contributed by atoms with van der Waals surface area (Å²) in [6.07, 6.45) is -4.70. The van der Waals surface area contributed by atoms with Crippen LogP contribution < -0.4 is 0 Å². The summed E-state index contributed by atoms with van der Waals surface area (Å²) in [5, 5.41) is 3.71. The number of halogens is 3. The van der Waals surface area contributed by atoms with Crippen molar-refractivity contribution in [2.75, 3.05) is 13.1 Å². The van der Waals surface area contributed by atoms with Crippen molar-refractivity contribution >= 4 is 0 Å². The lowest BCUT2D eigenvalue weighted by Crippen LogP contribution is -2.56. The summed E-state index contributed by atoms with van der Waals surface area (Å²) in [6.45, 7) is 3.88. The number of ether oxygens (including phenoxy) is 1. The fourth-order valence-corrected chi connectivity index (χ4v) is 2.14. The summed E-state index contributed by atoms with van der Waals surface area (Å²) in [5.41, 5.74) is -0.212. The Morgan fingerprint density at radius 1 is 1.50 bits per heavy atom. The third kappa shape index (κ3) is 3.23. The zero-order chi connectivity index (χ0) is 13.4. The molecular formula is C11H15F3N2O2. The summed E-state index contributed by atoms with van der Waals surface area (Å²) >= 11 is 0. The Balaban J connectivity index is 2.07. The summed E-state index contributed by atoms with van der Waals surface area (Å²) < 4.78 is 48.0. The SMILES string of the molecule is CC1(C)CN(Cc2ccon2)CC(C(F)(F)F)O1. The molecule has 1 aromatic heterocycles. The van der Waals surface area contributed by atoms with Crippen molar-refractivity contribution in [3.8, 4) is 0 Å². The molecule has 1 unspecified atom stereocenters. The summed E-state index contributed by atoms with van der Waals surface area (Å²) in [6, 6.07) is 1.64. The Morgan fingerprint density at radius 2 is 2.22 bits per heavy atom. The number of morpholine rings is 1. The van der Waals surface area contributed by atoms with Crippen LogP contribution in [0.4, 0.5) is 13.2 Å². The molecule has 18 heavy (non-hydrogen) atoms. The maximum absolute atomic E-state index is 12.8. The number of aromatic nitrogens is 1. The van der Waals surface area contributed by atoms with Gasteiger partial charge in [-0.25, -0.2) is 0 Å². The molecule has 0 radical (unpaired) electrons. The van der Waals surface area contributed by atoms with Crippen LogP contribution in [0.1, 0.15) is 19.5 Å². The molecule has 1 aromatic rings. The Hall–Kier alpha value is -1.08. The van der Waals surface area contributed by atoms with E-state index in [-0.39, 0.29) is 6.54 Å². The van der Waals surface area contributed by atoms with Gasteiger partial charge in [0.2, 0.25) is 0 Å². The van der Waals surface area contributed by atoms with Crippen LogP contribution in [-0.4, -0.2) is 41.0 Å². The van der Waals surface area contributed by atoms with E-state index in [1.807, 2.05) is 0 Å². The molecule has 1 atom stereocenters. The monoisotopic (exact) mass is 264 g/mol. The van der Waals surface area contributed by atoms with E-state index in [0.717, 1.165) is 0 Å². The molecule has 1 aliphatic heterocycles. The van der Waals surface area contributed by atoms with E-state index in [2.05, 4.69) is 9.68 Å². The number of alkyl halides is 3. The van der Waals surface area contributed by atoms with Gasteiger partial charge in [0.15, 0.2) is 6.10 Å². The minimum absolute atomic E-state index is 0.181. The molecule has 1 fully saturated rings. The van der Waals surface area contributed by atoms with Crippen LogP contribution in [0.5, 0.6) is 0 Å². The highest BCUT2D eigenvalue weighted by Gasteiger charge is 2.47. The van der Waals surface area contributed by atoms with E-state index < -0.39 is 17.9 Å². The molecule has 1 saturated heterocycles. The van der Waals surface area contributed by atoms with Gasteiger partial charge in [-0.05, 0) is 13.8 Å². The average molecular weight is 264 g/mol. The van der Waals surface area contributed by atoms with Crippen LogP contribution >= 0.6 is 0 Å². The molecule has 2 rings (SSSR count). The smallest absolute Gasteiger partial charge is 0.364 e. The van der Waals surface area contributed by atoms with Crippen molar-refractivity contribution in [1.29, 1.82) is 0 Å².